The van der Waals surface area contributed by atoms with E-state index in [0.29, 0.717) is 22.2 Å². The lowest BCUT2D eigenvalue weighted by atomic mass is 9.43. The van der Waals surface area contributed by atoms with Crippen LogP contribution >= 0.6 is 0 Å². The Balaban J connectivity index is 0.000000987. The highest BCUT2D eigenvalue weighted by atomic mass is 16.3. The van der Waals surface area contributed by atoms with Crippen LogP contribution in [0, 0.1) is 45.8 Å². The Labute approximate surface area is 234 Å². The zero-order valence-corrected chi connectivity index (χ0v) is 25.8. The van der Waals surface area contributed by atoms with Gasteiger partial charge in [0.05, 0.1) is 5.60 Å². The summed E-state index contributed by atoms with van der Waals surface area (Å²) < 4.78 is 0. The second kappa shape index (κ2) is 13.5. The normalized spacial score (nSPS) is 41.1. The van der Waals surface area contributed by atoms with Crippen LogP contribution in [0.2, 0.25) is 0 Å². The lowest BCUT2D eigenvalue weighted by molar-refractivity contribution is -0.138. The van der Waals surface area contributed by atoms with Crippen LogP contribution in [-0.2, 0) is 0 Å². The molecular formula is C35H67NO. The van der Waals surface area contributed by atoms with Crippen LogP contribution in [0.5, 0.6) is 0 Å². The maximum atomic E-state index is 10.6. The van der Waals surface area contributed by atoms with Gasteiger partial charge in [0.25, 0.3) is 0 Å². The molecule has 0 radical (unpaired) electrons. The van der Waals surface area contributed by atoms with Crippen LogP contribution in [0.3, 0.4) is 0 Å². The summed E-state index contributed by atoms with van der Waals surface area (Å²) in [6.07, 6.45) is 19.7. The van der Waals surface area contributed by atoms with Crippen molar-refractivity contribution in [1.82, 2.24) is 0 Å². The van der Waals surface area contributed by atoms with Crippen LogP contribution in [0.4, 0.5) is 0 Å². The number of allylic oxidation sites excluding steroid dienone is 3. The summed E-state index contributed by atoms with van der Waals surface area (Å²) in [4.78, 5) is 3.81. The summed E-state index contributed by atoms with van der Waals surface area (Å²) in [5.41, 5.74) is 2.06. The molecule has 1 N–H and O–H groups in total. The quantitative estimate of drug-likeness (QED) is 0.293. The van der Waals surface area contributed by atoms with E-state index in [-0.39, 0.29) is 8.85 Å². The second-order valence-corrected chi connectivity index (χ2v) is 14.0. The highest BCUT2D eigenvalue weighted by molar-refractivity contribution is 5.77. The molecule has 0 saturated heterocycles. The van der Waals surface area contributed by atoms with Crippen molar-refractivity contribution in [2.45, 2.75) is 140 Å². The Bertz CT molecular complexity index is 781. The minimum atomic E-state index is -0.499. The first-order valence-electron chi connectivity index (χ1n) is 15.2. The average Bonchev–Trinajstić information content (AvgIpc) is 3.10. The molecule has 0 heterocycles. The molecule has 8 unspecified atom stereocenters. The Morgan fingerprint density at radius 2 is 1.62 bits per heavy atom. The standard InChI is InChI=1S/C25H42O.C6H11N.C3H8.CH4.H2/c1-7-23(4)13-11-21-19-9-8-18-16-17(22(2,3)26)10-14-24(18,5)20(19)12-15-25(21,23)6;1-4-6(2)5-7-3;1-3-2;;/h7,17-21,26H,1,8-16H2,2-6H3;4-5H,1-3H3;3H2,1-2H3;1H4;1H/b;6-4-,7-5?;;;. The molecule has 0 amide bonds. The van der Waals surface area contributed by atoms with Crippen molar-refractivity contribution in [2.24, 2.45) is 50.8 Å². The van der Waals surface area contributed by atoms with Crippen molar-refractivity contribution >= 4 is 6.21 Å². The zero-order valence-electron chi connectivity index (χ0n) is 25.8. The molecule has 218 valence electrons. The fourth-order valence-corrected chi connectivity index (χ4v) is 8.82. The van der Waals surface area contributed by atoms with Crippen LogP contribution < -0.4 is 0 Å². The molecule has 37 heavy (non-hydrogen) atoms. The molecule has 4 rings (SSSR count). The molecule has 0 bridgehead atoms. The fraction of sp³-hybridized carbons (Fsp3) is 0.857. The van der Waals surface area contributed by atoms with Crippen molar-refractivity contribution in [3.05, 3.63) is 24.3 Å². The van der Waals surface area contributed by atoms with Gasteiger partial charge in [-0.15, -0.1) is 6.58 Å². The smallest absolute Gasteiger partial charge is 0.0619 e. The van der Waals surface area contributed by atoms with Crippen LogP contribution in [0.1, 0.15) is 135 Å². The zero-order chi connectivity index (χ0) is 27.4. The molecule has 4 fully saturated rings. The molecule has 4 aliphatic carbocycles. The van der Waals surface area contributed by atoms with Gasteiger partial charge < -0.3 is 5.11 Å². The largest absolute Gasteiger partial charge is 0.390 e. The molecule has 2 heteroatoms. The van der Waals surface area contributed by atoms with Gasteiger partial charge in [-0.2, -0.15) is 0 Å². The minimum absolute atomic E-state index is 0. The number of nitrogens with zero attached hydrogens (tertiary/aromatic N) is 1. The lowest BCUT2D eigenvalue weighted by Gasteiger charge is -2.62. The summed E-state index contributed by atoms with van der Waals surface area (Å²) in [5.74, 6) is 4.12. The number of hydrogen-bond donors (Lipinski definition) is 1. The van der Waals surface area contributed by atoms with Crippen molar-refractivity contribution in [3.8, 4) is 0 Å². The van der Waals surface area contributed by atoms with Gasteiger partial charge in [0.15, 0.2) is 0 Å². The maximum absolute atomic E-state index is 10.6. The molecule has 0 aliphatic heterocycles. The summed E-state index contributed by atoms with van der Waals surface area (Å²) in [5, 5.41) is 10.6. The number of aliphatic imine (C=N–C) groups is 1. The van der Waals surface area contributed by atoms with E-state index in [1.807, 2.05) is 40.0 Å². The number of aliphatic hydroxyl groups is 1. The Hall–Kier alpha value is -0.890. The van der Waals surface area contributed by atoms with Gasteiger partial charge in [-0.1, -0.05) is 60.6 Å². The predicted molar refractivity (Wildman–Crippen MR) is 168 cm³/mol. The molecule has 4 aliphatic rings. The number of rotatable bonds is 3. The summed E-state index contributed by atoms with van der Waals surface area (Å²) in [6.45, 7) is 24.3. The molecule has 0 aromatic rings. The molecule has 0 spiro atoms. The van der Waals surface area contributed by atoms with E-state index >= 15 is 0 Å². The van der Waals surface area contributed by atoms with Gasteiger partial charge in [-0.05, 0) is 137 Å². The summed E-state index contributed by atoms with van der Waals surface area (Å²) in [7, 11) is 1.77. The monoisotopic (exact) mass is 518 g/mol. The van der Waals surface area contributed by atoms with E-state index in [2.05, 4.69) is 52.3 Å². The lowest BCUT2D eigenvalue weighted by Crippen LogP contribution is -2.55. The van der Waals surface area contributed by atoms with E-state index in [1.165, 1.54) is 69.8 Å². The SMILES string of the molecule is C.C/C=C(/C)C=NC.C=CC1(C)CCC2C3CCC4CC(C(C)(C)O)CCC4(C)C3CCC21C.CCC.[HH]. The topological polar surface area (TPSA) is 32.6 Å². The summed E-state index contributed by atoms with van der Waals surface area (Å²) >= 11 is 0. The first kappa shape index (κ1) is 34.1. The summed E-state index contributed by atoms with van der Waals surface area (Å²) in [6, 6.07) is 0. The third-order valence-electron chi connectivity index (χ3n) is 11.6. The van der Waals surface area contributed by atoms with Gasteiger partial charge in [0.1, 0.15) is 0 Å². The van der Waals surface area contributed by atoms with Crippen LogP contribution in [-0.4, -0.2) is 24.0 Å². The minimum Gasteiger partial charge on any atom is -0.390 e. The van der Waals surface area contributed by atoms with E-state index in [4.69, 9.17) is 0 Å². The van der Waals surface area contributed by atoms with E-state index < -0.39 is 5.60 Å². The number of fused-ring (bicyclic) bond motifs is 5. The average molecular weight is 518 g/mol. The predicted octanol–water partition coefficient (Wildman–Crippen LogP) is 10.6. The van der Waals surface area contributed by atoms with Gasteiger partial charge in [-0.25, -0.2) is 0 Å². The molecule has 8 atom stereocenters. The van der Waals surface area contributed by atoms with Gasteiger partial charge in [0, 0.05) is 14.7 Å². The maximum Gasteiger partial charge on any atom is 0.0619 e. The Morgan fingerprint density at radius 3 is 2.11 bits per heavy atom. The van der Waals surface area contributed by atoms with Crippen molar-refractivity contribution in [1.29, 1.82) is 0 Å². The Kier molecular flexibility index (Phi) is 12.4. The third kappa shape index (κ3) is 6.82. The fourth-order valence-electron chi connectivity index (χ4n) is 8.82. The second-order valence-electron chi connectivity index (χ2n) is 14.0. The third-order valence-corrected chi connectivity index (χ3v) is 11.6. The molecular weight excluding hydrogens is 450 g/mol. The number of hydrogen-bond acceptors (Lipinski definition) is 2. The van der Waals surface area contributed by atoms with Crippen molar-refractivity contribution in [2.75, 3.05) is 7.05 Å². The van der Waals surface area contributed by atoms with Gasteiger partial charge in [0.2, 0.25) is 0 Å². The molecule has 0 aromatic carbocycles. The van der Waals surface area contributed by atoms with Crippen LogP contribution in [0.25, 0.3) is 0 Å². The van der Waals surface area contributed by atoms with Crippen molar-refractivity contribution in [3.63, 3.8) is 0 Å². The van der Waals surface area contributed by atoms with E-state index in [9.17, 15) is 5.11 Å². The first-order valence-corrected chi connectivity index (χ1v) is 15.2. The molecule has 0 aromatic heterocycles. The highest BCUT2D eigenvalue weighted by Crippen LogP contribution is 2.71. The molecule has 4 saturated carbocycles. The van der Waals surface area contributed by atoms with E-state index in [1.54, 1.807) is 7.05 Å². The molecule has 2 nitrogen and oxygen atoms in total. The highest BCUT2D eigenvalue weighted by Gasteiger charge is 2.62. The van der Waals surface area contributed by atoms with Gasteiger partial charge in [-0.3, -0.25) is 4.99 Å². The van der Waals surface area contributed by atoms with Gasteiger partial charge >= 0.3 is 0 Å². The first-order chi connectivity index (χ1) is 16.8. The van der Waals surface area contributed by atoms with Crippen LogP contribution in [0.15, 0.2) is 29.3 Å². The Morgan fingerprint density at radius 1 is 1.03 bits per heavy atom. The van der Waals surface area contributed by atoms with E-state index in [0.717, 1.165) is 23.7 Å². The van der Waals surface area contributed by atoms with Crippen molar-refractivity contribution < 1.29 is 6.53 Å².